The van der Waals surface area contributed by atoms with Crippen molar-refractivity contribution >= 4 is 46.8 Å². The molecule has 1 unspecified atom stereocenters. The van der Waals surface area contributed by atoms with E-state index >= 15 is 0 Å². The molecule has 4 nitrogen and oxygen atoms in total. The van der Waals surface area contributed by atoms with Crippen LogP contribution in [0.4, 0.5) is 0 Å². The second kappa shape index (κ2) is 6.70. The van der Waals surface area contributed by atoms with Crippen LogP contribution in [0.15, 0.2) is 18.2 Å². The summed E-state index contributed by atoms with van der Waals surface area (Å²) in [6, 6.07) is 4.39. The Morgan fingerprint density at radius 1 is 1.40 bits per heavy atom. The van der Waals surface area contributed by atoms with E-state index in [9.17, 15) is 9.59 Å². The van der Waals surface area contributed by atoms with Crippen molar-refractivity contribution in [3.8, 4) is 0 Å². The van der Waals surface area contributed by atoms with Gasteiger partial charge in [0.25, 0.3) is 5.91 Å². The molecule has 0 aliphatic carbocycles. The predicted molar refractivity (Wildman–Crippen MR) is 80.9 cm³/mol. The minimum Gasteiger partial charge on any atom is -0.481 e. The van der Waals surface area contributed by atoms with Gasteiger partial charge in [-0.2, -0.15) is 11.8 Å². The second-order valence-electron chi connectivity index (χ2n) is 4.45. The largest absolute Gasteiger partial charge is 0.481 e. The number of carbonyl (C=O) groups is 2. The van der Waals surface area contributed by atoms with Crippen molar-refractivity contribution in [3.05, 3.63) is 33.8 Å². The van der Waals surface area contributed by atoms with Crippen molar-refractivity contribution in [2.75, 3.05) is 18.1 Å². The van der Waals surface area contributed by atoms with E-state index in [1.807, 2.05) is 0 Å². The molecule has 1 aromatic rings. The zero-order valence-corrected chi connectivity index (χ0v) is 12.8. The molecule has 1 aliphatic rings. The van der Waals surface area contributed by atoms with Crippen LogP contribution in [0, 0.1) is 0 Å². The average Bonchev–Trinajstić information content (AvgIpc) is 2.38. The fourth-order valence-corrected chi connectivity index (χ4v) is 3.66. The zero-order chi connectivity index (χ0) is 14.7. The number of hydrogen-bond acceptors (Lipinski definition) is 3. The molecular formula is C13H13Cl2NO3S. The lowest BCUT2D eigenvalue weighted by Gasteiger charge is -2.34. The summed E-state index contributed by atoms with van der Waals surface area (Å²) < 4.78 is 0. The quantitative estimate of drug-likeness (QED) is 0.923. The predicted octanol–water partition coefficient (Wildman–Crippen LogP) is 3.03. The smallest absolute Gasteiger partial charge is 0.305 e. The standard InChI is InChI=1S/C13H13Cl2NO3S/c14-8-1-2-10(11(15)5-8)13(19)16-3-4-20-7-9(16)6-12(17)18/h1-2,5,9H,3-4,6-7H2,(H,17,18). The molecule has 0 spiro atoms. The van der Waals surface area contributed by atoms with E-state index in [2.05, 4.69) is 0 Å². The summed E-state index contributed by atoms with van der Waals surface area (Å²) in [5.41, 5.74) is 0.360. The molecule has 1 amide bonds. The van der Waals surface area contributed by atoms with Crippen molar-refractivity contribution in [1.29, 1.82) is 0 Å². The Bertz CT molecular complexity index is 538. The van der Waals surface area contributed by atoms with Gasteiger partial charge in [-0.25, -0.2) is 0 Å². The lowest BCUT2D eigenvalue weighted by Crippen LogP contribution is -2.47. The summed E-state index contributed by atoms with van der Waals surface area (Å²) in [6.45, 7) is 0.528. The molecule has 2 rings (SSSR count). The van der Waals surface area contributed by atoms with Crippen molar-refractivity contribution in [2.24, 2.45) is 0 Å². The average molecular weight is 334 g/mol. The Kier molecular flexibility index (Phi) is 5.18. The number of halogens is 2. The van der Waals surface area contributed by atoms with E-state index in [0.717, 1.165) is 5.75 Å². The van der Waals surface area contributed by atoms with Crippen LogP contribution in [0.3, 0.4) is 0 Å². The van der Waals surface area contributed by atoms with Gasteiger partial charge in [0.2, 0.25) is 0 Å². The van der Waals surface area contributed by atoms with E-state index in [1.54, 1.807) is 28.8 Å². The third-order valence-corrected chi connectivity index (χ3v) is 4.70. The maximum absolute atomic E-state index is 12.5. The molecule has 1 aliphatic heterocycles. The first-order valence-electron chi connectivity index (χ1n) is 6.04. The SMILES string of the molecule is O=C(O)CC1CSCCN1C(=O)c1ccc(Cl)cc1Cl. The highest BCUT2D eigenvalue weighted by atomic mass is 35.5. The Balaban J connectivity index is 2.22. The minimum atomic E-state index is -0.905. The van der Waals surface area contributed by atoms with Gasteiger partial charge in [0.15, 0.2) is 0 Å². The second-order valence-corrected chi connectivity index (χ2v) is 6.44. The van der Waals surface area contributed by atoms with Gasteiger partial charge in [-0.3, -0.25) is 9.59 Å². The van der Waals surface area contributed by atoms with Crippen molar-refractivity contribution in [1.82, 2.24) is 4.90 Å². The summed E-state index contributed by atoms with van der Waals surface area (Å²) in [5, 5.41) is 9.68. The highest BCUT2D eigenvalue weighted by Crippen LogP contribution is 2.26. The van der Waals surface area contributed by atoms with Gasteiger partial charge in [-0.15, -0.1) is 0 Å². The molecule has 1 aromatic carbocycles. The van der Waals surface area contributed by atoms with Gasteiger partial charge in [0.1, 0.15) is 0 Å². The molecule has 1 saturated heterocycles. The van der Waals surface area contributed by atoms with Crippen LogP contribution in [0.5, 0.6) is 0 Å². The monoisotopic (exact) mass is 333 g/mol. The highest BCUT2D eigenvalue weighted by Gasteiger charge is 2.30. The molecule has 0 radical (unpaired) electrons. The number of carboxylic acids is 1. The molecule has 0 bridgehead atoms. The van der Waals surface area contributed by atoms with Gasteiger partial charge in [0, 0.05) is 23.1 Å². The molecule has 1 fully saturated rings. The van der Waals surface area contributed by atoms with Gasteiger partial charge in [-0.1, -0.05) is 23.2 Å². The zero-order valence-electron chi connectivity index (χ0n) is 10.5. The molecule has 1 atom stereocenters. The number of nitrogens with zero attached hydrogens (tertiary/aromatic N) is 1. The molecule has 0 saturated carbocycles. The highest BCUT2D eigenvalue weighted by molar-refractivity contribution is 7.99. The van der Waals surface area contributed by atoms with Gasteiger partial charge >= 0.3 is 5.97 Å². The third-order valence-electron chi connectivity index (χ3n) is 3.06. The summed E-state index contributed by atoms with van der Waals surface area (Å²) >= 11 is 13.5. The summed E-state index contributed by atoms with van der Waals surface area (Å²) in [4.78, 5) is 25.0. The number of carboxylic acid groups (broad SMARTS) is 1. The summed E-state index contributed by atoms with van der Waals surface area (Å²) in [6.07, 6.45) is -0.0516. The number of thioether (sulfide) groups is 1. The van der Waals surface area contributed by atoms with Crippen LogP contribution in [0.2, 0.25) is 10.0 Å². The summed E-state index contributed by atoms with van der Waals surface area (Å²) in [5.74, 6) is 0.284. The third kappa shape index (κ3) is 3.59. The van der Waals surface area contributed by atoms with E-state index in [0.29, 0.717) is 22.9 Å². The number of carbonyl (C=O) groups excluding carboxylic acids is 1. The van der Waals surface area contributed by atoms with Crippen LogP contribution < -0.4 is 0 Å². The number of amides is 1. The Morgan fingerprint density at radius 2 is 2.15 bits per heavy atom. The minimum absolute atomic E-state index is 0.0516. The number of benzene rings is 1. The van der Waals surface area contributed by atoms with E-state index < -0.39 is 5.97 Å². The van der Waals surface area contributed by atoms with Gasteiger partial charge < -0.3 is 10.0 Å². The molecule has 1 N–H and O–H groups in total. The first kappa shape index (κ1) is 15.5. The Labute approximate surface area is 131 Å². The molecule has 7 heteroatoms. The molecule has 1 heterocycles. The van der Waals surface area contributed by atoms with Crippen molar-refractivity contribution in [3.63, 3.8) is 0 Å². The van der Waals surface area contributed by atoms with Crippen LogP contribution in [-0.2, 0) is 4.79 Å². The normalized spacial score (nSPS) is 18.9. The number of aliphatic carboxylic acids is 1. The summed E-state index contributed by atoms with van der Waals surface area (Å²) in [7, 11) is 0. The fourth-order valence-electron chi connectivity index (χ4n) is 2.11. The molecule has 0 aromatic heterocycles. The Hall–Kier alpha value is -0.910. The van der Waals surface area contributed by atoms with Gasteiger partial charge in [-0.05, 0) is 18.2 Å². The fraction of sp³-hybridized carbons (Fsp3) is 0.385. The molecule has 20 heavy (non-hydrogen) atoms. The van der Waals surface area contributed by atoms with E-state index in [1.165, 1.54) is 6.07 Å². The molecular weight excluding hydrogens is 321 g/mol. The topological polar surface area (TPSA) is 57.6 Å². The van der Waals surface area contributed by atoms with Gasteiger partial charge in [0.05, 0.1) is 23.0 Å². The first-order valence-corrected chi connectivity index (χ1v) is 7.95. The number of rotatable bonds is 3. The van der Waals surface area contributed by atoms with Crippen LogP contribution in [-0.4, -0.2) is 46.0 Å². The van der Waals surface area contributed by atoms with Crippen LogP contribution in [0.25, 0.3) is 0 Å². The first-order chi connectivity index (χ1) is 9.49. The number of hydrogen-bond donors (Lipinski definition) is 1. The maximum Gasteiger partial charge on any atom is 0.305 e. The van der Waals surface area contributed by atoms with Crippen LogP contribution in [0.1, 0.15) is 16.8 Å². The maximum atomic E-state index is 12.5. The van der Waals surface area contributed by atoms with Crippen LogP contribution >= 0.6 is 35.0 Å². The van der Waals surface area contributed by atoms with E-state index in [4.69, 9.17) is 28.3 Å². The Morgan fingerprint density at radius 3 is 2.80 bits per heavy atom. The van der Waals surface area contributed by atoms with E-state index in [-0.39, 0.29) is 23.4 Å². The van der Waals surface area contributed by atoms with Crippen molar-refractivity contribution in [2.45, 2.75) is 12.5 Å². The lowest BCUT2D eigenvalue weighted by molar-refractivity contribution is -0.138. The molecule has 108 valence electrons. The lowest BCUT2D eigenvalue weighted by atomic mass is 10.1. The van der Waals surface area contributed by atoms with Crippen molar-refractivity contribution < 1.29 is 14.7 Å².